The van der Waals surface area contributed by atoms with Gasteiger partial charge in [-0.2, -0.15) is 0 Å². The Morgan fingerprint density at radius 3 is 1.44 bits per heavy atom. The van der Waals surface area contributed by atoms with Crippen molar-refractivity contribution in [1.82, 2.24) is 0 Å². The second-order valence-electron chi connectivity index (χ2n) is 2.49. The Labute approximate surface area is 68.9 Å². The largest absolute Gasteiger partial charge is 0.0811 e. The Balaban J connectivity index is 0.000000640. The van der Waals surface area contributed by atoms with Gasteiger partial charge in [-0.25, -0.2) is 0 Å². The van der Waals surface area contributed by atoms with E-state index in [1.165, 1.54) is 0 Å². The van der Waals surface area contributed by atoms with E-state index in [1.54, 1.807) is 0 Å². The van der Waals surface area contributed by atoms with Gasteiger partial charge in [-0.15, -0.1) is 0 Å². The van der Waals surface area contributed by atoms with Gasteiger partial charge in [-0.1, -0.05) is 38.2 Å². The fourth-order valence-electron chi connectivity index (χ4n) is 0.829. The minimum atomic E-state index is 0. The fraction of sp³-hybridized carbons (Fsp3) is 0.500. The molecule has 1 radical (unpaired) electrons. The summed E-state index contributed by atoms with van der Waals surface area (Å²) < 4.78 is 0. The van der Waals surface area contributed by atoms with Crippen LogP contribution in [0.15, 0.2) is 24.3 Å². The van der Waals surface area contributed by atoms with Crippen molar-refractivity contribution in [3.05, 3.63) is 24.3 Å². The van der Waals surface area contributed by atoms with E-state index >= 15 is 0 Å². The van der Waals surface area contributed by atoms with Crippen molar-refractivity contribution in [2.75, 3.05) is 0 Å². The molecule has 1 aliphatic rings. The summed E-state index contributed by atoms with van der Waals surface area (Å²) in [7, 11) is 0. The third-order valence-corrected chi connectivity index (χ3v) is 1.77. The molecule has 0 amide bonds. The first-order valence-electron chi connectivity index (χ1n) is 3.15. The molecular weight excluding hydrogens is 147 g/mol. The molecule has 2 atom stereocenters. The van der Waals surface area contributed by atoms with Crippen LogP contribution in [0, 0.1) is 11.8 Å². The van der Waals surface area contributed by atoms with E-state index in [4.69, 9.17) is 0 Å². The second-order valence-corrected chi connectivity index (χ2v) is 2.49. The molecule has 1 rings (SSSR count). The smallest absolute Gasteiger partial charge is 0 e. The monoisotopic (exact) mass is 159 g/mol. The van der Waals surface area contributed by atoms with Gasteiger partial charge >= 0.3 is 0 Å². The van der Waals surface area contributed by atoms with Gasteiger partial charge in [0.05, 0.1) is 0 Å². The molecule has 0 saturated heterocycles. The van der Waals surface area contributed by atoms with Gasteiger partial charge in [-0.05, 0) is 11.8 Å². The Morgan fingerprint density at radius 1 is 0.889 bits per heavy atom. The van der Waals surface area contributed by atoms with Crippen LogP contribution in [0.1, 0.15) is 13.8 Å². The van der Waals surface area contributed by atoms with Crippen LogP contribution in [-0.4, -0.2) is 0 Å². The van der Waals surface area contributed by atoms with E-state index < -0.39 is 0 Å². The van der Waals surface area contributed by atoms with E-state index in [-0.39, 0.29) is 18.6 Å². The number of rotatable bonds is 0. The maximum atomic E-state index is 2.24. The molecule has 0 spiro atoms. The second kappa shape index (κ2) is 3.97. The zero-order chi connectivity index (χ0) is 5.98. The molecular formula is C8H12V. The Morgan fingerprint density at radius 2 is 1.22 bits per heavy atom. The first-order chi connectivity index (χ1) is 3.80. The topological polar surface area (TPSA) is 0 Å². The summed E-state index contributed by atoms with van der Waals surface area (Å²) >= 11 is 0. The predicted molar refractivity (Wildman–Crippen MR) is 36.6 cm³/mol. The maximum Gasteiger partial charge on any atom is 0 e. The van der Waals surface area contributed by atoms with Crippen molar-refractivity contribution >= 4 is 0 Å². The summed E-state index contributed by atoms with van der Waals surface area (Å²) in [4.78, 5) is 0. The Hall–Kier alpha value is 0.0644. The van der Waals surface area contributed by atoms with Crippen LogP contribution in [0.5, 0.6) is 0 Å². The van der Waals surface area contributed by atoms with Crippen molar-refractivity contribution in [1.29, 1.82) is 0 Å². The number of allylic oxidation sites excluding steroid dienone is 4. The van der Waals surface area contributed by atoms with Crippen LogP contribution in [0.25, 0.3) is 0 Å². The molecule has 9 heavy (non-hydrogen) atoms. The Kier molecular flexibility index (Phi) is 4.00. The van der Waals surface area contributed by atoms with Gasteiger partial charge in [0.25, 0.3) is 0 Å². The van der Waals surface area contributed by atoms with Gasteiger partial charge in [0.2, 0.25) is 0 Å². The molecule has 0 nitrogen and oxygen atoms in total. The molecule has 49 valence electrons. The van der Waals surface area contributed by atoms with Gasteiger partial charge in [0, 0.05) is 18.6 Å². The molecule has 2 unspecified atom stereocenters. The molecule has 0 bridgehead atoms. The van der Waals surface area contributed by atoms with Crippen molar-refractivity contribution in [3.8, 4) is 0 Å². The third kappa shape index (κ3) is 2.42. The molecule has 0 N–H and O–H groups in total. The molecule has 0 fully saturated rings. The Bertz CT molecular complexity index is 109. The first-order valence-corrected chi connectivity index (χ1v) is 3.15. The first kappa shape index (κ1) is 9.06. The SMILES string of the molecule is CC1C=CC=CC1C.[V]. The van der Waals surface area contributed by atoms with E-state index in [2.05, 4.69) is 38.2 Å². The van der Waals surface area contributed by atoms with Crippen molar-refractivity contribution in [2.45, 2.75) is 13.8 Å². The average molecular weight is 159 g/mol. The summed E-state index contributed by atoms with van der Waals surface area (Å²) in [6.45, 7) is 4.48. The molecule has 1 heteroatoms. The summed E-state index contributed by atoms with van der Waals surface area (Å²) in [5.74, 6) is 1.47. The van der Waals surface area contributed by atoms with E-state index in [0.29, 0.717) is 0 Å². The molecule has 0 aromatic heterocycles. The zero-order valence-corrected chi connectivity index (χ0v) is 7.31. The van der Waals surface area contributed by atoms with Crippen LogP contribution >= 0.6 is 0 Å². The maximum absolute atomic E-state index is 2.24. The molecule has 0 heterocycles. The summed E-state index contributed by atoms with van der Waals surface area (Å²) in [5, 5.41) is 0. The minimum Gasteiger partial charge on any atom is -0.0811 e. The van der Waals surface area contributed by atoms with E-state index in [1.807, 2.05) is 0 Å². The molecule has 0 aromatic rings. The van der Waals surface area contributed by atoms with Crippen LogP contribution in [0.3, 0.4) is 0 Å². The van der Waals surface area contributed by atoms with Crippen LogP contribution in [-0.2, 0) is 18.6 Å². The van der Waals surface area contributed by atoms with Gasteiger partial charge in [0.1, 0.15) is 0 Å². The van der Waals surface area contributed by atoms with Crippen LogP contribution < -0.4 is 0 Å². The van der Waals surface area contributed by atoms with Crippen molar-refractivity contribution < 1.29 is 18.6 Å². The van der Waals surface area contributed by atoms with E-state index in [9.17, 15) is 0 Å². The normalized spacial score (nSPS) is 31.8. The minimum absolute atomic E-state index is 0. The van der Waals surface area contributed by atoms with Gasteiger partial charge < -0.3 is 0 Å². The standard InChI is InChI=1S/C8H12.V/c1-7-5-3-4-6-8(7)2;/h3-8H,1-2H3;. The van der Waals surface area contributed by atoms with Crippen LogP contribution in [0.4, 0.5) is 0 Å². The molecule has 0 saturated carbocycles. The zero-order valence-electron chi connectivity index (χ0n) is 5.91. The average Bonchev–Trinajstić information content (AvgIpc) is 1.77. The van der Waals surface area contributed by atoms with Crippen molar-refractivity contribution in [2.24, 2.45) is 11.8 Å². The van der Waals surface area contributed by atoms with Gasteiger partial charge in [0.15, 0.2) is 0 Å². The number of hydrogen-bond donors (Lipinski definition) is 0. The predicted octanol–water partition coefficient (Wildman–Crippen LogP) is 2.38. The summed E-state index contributed by atoms with van der Waals surface area (Å²) in [5.41, 5.74) is 0. The van der Waals surface area contributed by atoms with Gasteiger partial charge in [-0.3, -0.25) is 0 Å². The fourth-order valence-corrected chi connectivity index (χ4v) is 0.829. The quantitative estimate of drug-likeness (QED) is 0.509. The number of hydrogen-bond acceptors (Lipinski definition) is 0. The molecule has 1 aliphatic carbocycles. The molecule has 0 aliphatic heterocycles. The summed E-state index contributed by atoms with van der Waals surface area (Å²) in [6, 6.07) is 0. The molecule has 0 aromatic carbocycles. The van der Waals surface area contributed by atoms with Crippen molar-refractivity contribution in [3.63, 3.8) is 0 Å². The summed E-state index contributed by atoms with van der Waals surface area (Å²) in [6.07, 6.45) is 8.71. The van der Waals surface area contributed by atoms with Crippen LogP contribution in [0.2, 0.25) is 0 Å². The van der Waals surface area contributed by atoms with E-state index in [0.717, 1.165) is 11.8 Å². The third-order valence-electron chi connectivity index (χ3n) is 1.77.